The summed E-state index contributed by atoms with van der Waals surface area (Å²) in [4.78, 5) is 14.5. The first-order valence-corrected chi connectivity index (χ1v) is 9.18. The molecule has 0 aliphatic carbocycles. The number of nitrogens with one attached hydrogen (secondary N) is 2. The van der Waals surface area contributed by atoms with Crippen LogP contribution in [0, 0.1) is 6.92 Å². The van der Waals surface area contributed by atoms with Gasteiger partial charge in [-0.3, -0.25) is 0 Å². The van der Waals surface area contributed by atoms with Gasteiger partial charge in [0.25, 0.3) is 0 Å². The molecule has 4 rings (SSSR count). The van der Waals surface area contributed by atoms with Gasteiger partial charge in [0, 0.05) is 24.8 Å². The van der Waals surface area contributed by atoms with Crippen molar-refractivity contribution in [1.82, 2.24) is 14.7 Å². The molecule has 1 aliphatic heterocycles. The molecule has 0 radical (unpaired) electrons. The molecule has 1 aliphatic rings. The van der Waals surface area contributed by atoms with E-state index in [2.05, 4.69) is 15.7 Å². The van der Waals surface area contributed by atoms with Crippen LogP contribution in [-0.2, 0) is 0 Å². The average Bonchev–Trinajstić information content (AvgIpc) is 3.31. The standard InChI is InChI=1S/C21H23N5O/c1-16-20(14-22-26(16)19-10-6-3-7-11-19)24-21(27)25-13-12-18(15-25)23-17-8-4-2-5-9-17/h2-11,14,18,23H,12-13,15H2,1H3,(H,24,27). The highest BCUT2D eigenvalue weighted by molar-refractivity contribution is 5.90. The molecule has 2 aromatic carbocycles. The van der Waals surface area contributed by atoms with Crippen LogP contribution in [0.15, 0.2) is 66.9 Å². The molecular weight excluding hydrogens is 338 g/mol. The largest absolute Gasteiger partial charge is 0.380 e. The van der Waals surface area contributed by atoms with Crippen molar-refractivity contribution in [3.05, 3.63) is 72.6 Å². The summed E-state index contributed by atoms with van der Waals surface area (Å²) < 4.78 is 1.83. The van der Waals surface area contributed by atoms with Gasteiger partial charge in [-0.25, -0.2) is 9.48 Å². The quantitative estimate of drug-likeness (QED) is 0.741. The molecule has 6 heteroatoms. The average molecular weight is 361 g/mol. The fourth-order valence-corrected chi connectivity index (χ4v) is 3.39. The molecule has 0 bridgehead atoms. The fourth-order valence-electron chi connectivity index (χ4n) is 3.39. The van der Waals surface area contributed by atoms with E-state index in [1.807, 2.05) is 77.2 Å². The fraction of sp³-hybridized carbons (Fsp3) is 0.238. The Labute approximate surface area is 158 Å². The number of carbonyl (C=O) groups excluding carboxylic acids is 1. The summed E-state index contributed by atoms with van der Waals surface area (Å²) in [5, 5.41) is 10.9. The lowest BCUT2D eigenvalue weighted by Crippen LogP contribution is -2.35. The molecule has 2 N–H and O–H groups in total. The molecule has 0 saturated carbocycles. The molecule has 6 nitrogen and oxygen atoms in total. The number of benzene rings is 2. The van der Waals surface area contributed by atoms with Gasteiger partial charge in [-0.15, -0.1) is 0 Å². The van der Waals surface area contributed by atoms with Crippen molar-refractivity contribution in [3.63, 3.8) is 0 Å². The molecule has 1 aromatic heterocycles. The van der Waals surface area contributed by atoms with Crippen molar-refractivity contribution in [3.8, 4) is 5.69 Å². The Bertz CT molecular complexity index is 907. The molecule has 1 atom stereocenters. The number of likely N-dealkylation sites (tertiary alicyclic amines) is 1. The first kappa shape index (κ1) is 17.1. The molecule has 27 heavy (non-hydrogen) atoms. The normalized spacial score (nSPS) is 16.3. The van der Waals surface area contributed by atoms with Crippen molar-refractivity contribution in [2.75, 3.05) is 23.7 Å². The monoisotopic (exact) mass is 361 g/mol. The van der Waals surface area contributed by atoms with Crippen molar-refractivity contribution < 1.29 is 4.79 Å². The minimum absolute atomic E-state index is 0.0805. The van der Waals surface area contributed by atoms with Gasteiger partial charge in [0.15, 0.2) is 0 Å². The van der Waals surface area contributed by atoms with Crippen LogP contribution in [0.2, 0.25) is 0 Å². The van der Waals surface area contributed by atoms with E-state index in [-0.39, 0.29) is 12.1 Å². The first-order valence-electron chi connectivity index (χ1n) is 9.18. The zero-order chi connectivity index (χ0) is 18.6. The summed E-state index contributed by atoms with van der Waals surface area (Å²) in [5.74, 6) is 0. The maximum atomic E-state index is 12.7. The van der Waals surface area contributed by atoms with Gasteiger partial charge in [-0.1, -0.05) is 36.4 Å². The van der Waals surface area contributed by atoms with Gasteiger partial charge in [-0.2, -0.15) is 5.10 Å². The number of urea groups is 1. The Balaban J connectivity index is 1.38. The summed E-state index contributed by atoms with van der Waals surface area (Å²) in [5.41, 5.74) is 3.71. The topological polar surface area (TPSA) is 62.2 Å². The molecule has 1 unspecified atom stereocenters. The van der Waals surface area contributed by atoms with Crippen LogP contribution < -0.4 is 10.6 Å². The number of para-hydroxylation sites is 2. The Morgan fingerprint density at radius 3 is 2.52 bits per heavy atom. The highest BCUT2D eigenvalue weighted by Gasteiger charge is 2.26. The third-order valence-electron chi connectivity index (χ3n) is 4.87. The van der Waals surface area contributed by atoms with E-state index in [4.69, 9.17) is 0 Å². The summed E-state index contributed by atoms with van der Waals surface area (Å²) in [6.45, 7) is 3.38. The van der Waals surface area contributed by atoms with E-state index in [0.717, 1.165) is 35.7 Å². The summed E-state index contributed by atoms with van der Waals surface area (Å²) >= 11 is 0. The van der Waals surface area contributed by atoms with Gasteiger partial charge in [-0.05, 0) is 37.6 Å². The summed E-state index contributed by atoms with van der Waals surface area (Å²) in [7, 11) is 0. The van der Waals surface area contributed by atoms with E-state index in [0.29, 0.717) is 6.54 Å². The Morgan fingerprint density at radius 1 is 1.07 bits per heavy atom. The number of hydrogen-bond donors (Lipinski definition) is 2. The first-order chi connectivity index (χ1) is 13.2. The van der Waals surface area contributed by atoms with E-state index in [9.17, 15) is 4.79 Å². The van der Waals surface area contributed by atoms with Crippen LogP contribution in [0.5, 0.6) is 0 Å². The predicted molar refractivity (Wildman–Crippen MR) is 107 cm³/mol. The lowest BCUT2D eigenvalue weighted by atomic mass is 10.2. The third kappa shape index (κ3) is 3.79. The van der Waals surface area contributed by atoms with Crippen LogP contribution in [0.25, 0.3) is 5.69 Å². The second-order valence-electron chi connectivity index (χ2n) is 6.76. The van der Waals surface area contributed by atoms with Gasteiger partial charge in [0.2, 0.25) is 0 Å². The second kappa shape index (κ2) is 7.53. The maximum Gasteiger partial charge on any atom is 0.322 e. The molecule has 0 spiro atoms. The van der Waals surface area contributed by atoms with Crippen LogP contribution >= 0.6 is 0 Å². The lowest BCUT2D eigenvalue weighted by Gasteiger charge is -2.18. The molecular formula is C21H23N5O. The summed E-state index contributed by atoms with van der Waals surface area (Å²) in [6, 6.07) is 20.2. The minimum atomic E-state index is -0.0805. The second-order valence-corrected chi connectivity index (χ2v) is 6.76. The Kier molecular flexibility index (Phi) is 4.78. The number of aromatic nitrogens is 2. The molecule has 1 fully saturated rings. The number of amides is 2. The van der Waals surface area contributed by atoms with Crippen LogP contribution in [-0.4, -0.2) is 39.8 Å². The third-order valence-corrected chi connectivity index (χ3v) is 4.87. The van der Waals surface area contributed by atoms with Crippen LogP contribution in [0.4, 0.5) is 16.2 Å². The van der Waals surface area contributed by atoms with Gasteiger partial charge >= 0.3 is 6.03 Å². The van der Waals surface area contributed by atoms with E-state index in [1.54, 1.807) is 6.20 Å². The SMILES string of the molecule is Cc1c(NC(=O)N2CCC(Nc3ccccc3)C2)cnn1-c1ccccc1. The number of nitrogens with zero attached hydrogens (tertiary/aromatic N) is 3. The maximum absolute atomic E-state index is 12.7. The van der Waals surface area contributed by atoms with Gasteiger partial charge in [0.05, 0.1) is 23.3 Å². The molecule has 3 aromatic rings. The minimum Gasteiger partial charge on any atom is -0.380 e. The van der Waals surface area contributed by atoms with Crippen molar-refractivity contribution in [2.24, 2.45) is 0 Å². The van der Waals surface area contributed by atoms with Gasteiger partial charge < -0.3 is 15.5 Å². The highest BCUT2D eigenvalue weighted by atomic mass is 16.2. The highest BCUT2D eigenvalue weighted by Crippen LogP contribution is 2.20. The molecule has 2 heterocycles. The lowest BCUT2D eigenvalue weighted by molar-refractivity contribution is 0.222. The van der Waals surface area contributed by atoms with Crippen LogP contribution in [0.3, 0.4) is 0 Å². The smallest absolute Gasteiger partial charge is 0.322 e. The molecule has 138 valence electrons. The number of carbonyl (C=O) groups is 1. The van der Waals surface area contributed by atoms with Crippen LogP contribution in [0.1, 0.15) is 12.1 Å². The van der Waals surface area contributed by atoms with E-state index >= 15 is 0 Å². The van der Waals surface area contributed by atoms with Crippen molar-refractivity contribution in [1.29, 1.82) is 0 Å². The zero-order valence-electron chi connectivity index (χ0n) is 15.3. The van der Waals surface area contributed by atoms with E-state index < -0.39 is 0 Å². The summed E-state index contributed by atoms with van der Waals surface area (Å²) in [6.07, 6.45) is 2.64. The Morgan fingerprint density at radius 2 is 1.78 bits per heavy atom. The van der Waals surface area contributed by atoms with E-state index in [1.165, 1.54) is 0 Å². The van der Waals surface area contributed by atoms with Crippen molar-refractivity contribution in [2.45, 2.75) is 19.4 Å². The van der Waals surface area contributed by atoms with Gasteiger partial charge in [0.1, 0.15) is 0 Å². The Hall–Kier alpha value is -3.28. The number of rotatable bonds is 4. The molecule has 2 amide bonds. The zero-order valence-corrected chi connectivity index (χ0v) is 15.3. The number of anilines is 2. The predicted octanol–water partition coefficient (Wildman–Crippen LogP) is 3.90. The van der Waals surface area contributed by atoms with Crippen molar-refractivity contribution >= 4 is 17.4 Å². The molecule has 1 saturated heterocycles. The number of hydrogen-bond acceptors (Lipinski definition) is 3.